The smallest absolute Gasteiger partial charge is 0.130 e. The van der Waals surface area contributed by atoms with Gasteiger partial charge in [-0.25, -0.2) is 8.78 Å². The van der Waals surface area contributed by atoms with E-state index in [9.17, 15) is 8.78 Å². The molecule has 1 aliphatic rings. The first kappa shape index (κ1) is 13.4. The number of nitrogens with zero attached hydrogens (tertiary/aromatic N) is 1. The molecular formula is C14H20F2N2. The van der Waals surface area contributed by atoms with Crippen LogP contribution >= 0.6 is 0 Å². The van der Waals surface area contributed by atoms with Gasteiger partial charge in [0.25, 0.3) is 0 Å². The van der Waals surface area contributed by atoms with E-state index < -0.39 is 11.6 Å². The lowest BCUT2D eigenvalue weighted by atomic mass is 9.98. The van der Waals surface area contributed by atoms with Gasteiger partial charge in [-0.2, -0.15) is 0 Å². The number of benzene rings is 1. The predicted molar refractivity (Wildman–Crippen MR) is 68.3 cm³/mol. The highest BCUT2D eigenvalue weighted by molar-refractivity contribution is 5.19. The van der Waals surface area contributed by atoms with Gasteiger partial charge in [0, 0.05) is 24.2 Å². The summed E-state index contributed by atoms with van der Waals surface area (Å²) in [5, 5.41) is 3.26. The van der Waals surface area contributed by atoms with Crippen LogP contribution in [-0.4, -0.2) is 30.6 Å². The van der Waals surface area contributed by atoms with Crippen LogP contribution in [0, 0.1) is 11.6 Å². The second-order valence-electron chi connectivity index (χ2n) is 5.13. The Morgan fingerprint density at radius 2 is 2.00 bits per heavy atom. The summed E-state index contributed by atoms with van der Waals surface area (Å²) in [4.78, 5) is 2.31. The zero-order chi connectivity index (χ0) is 13.1. The van der Waals surface area contributed by atoms with Crippen molar-refractivity contribution in [2.24, 2.45) is 0 Å². The third-order valence-corrected chi connectivity index (χ3v) is 3.84. The van der Waals surface area contributed by atoms with Gasteiger partial charge >= 0.3 is 0 Å². The number of nitrogens with one attached hydrogen (secondary N) is 1. The molecule has 1 N–H and O–H groups in total. The van der Waals surface area contributed by atoms with E-state index in [1.807, 2.05) is 0 Å². The highest BCUT2D eigenvalue weighted by Crippen LogP contribution is 2.17. The van der Waals surface area contributed by atoms with Crippen LogP contribution in [0.2, 0.25) is 0 Å². The molecule has 18 heavy (non-hydrogen) atoms. The van der Waals surface area contributed by atoms with Crippen molar-refractivity contribution in [3.8, 4) is 0 Å². The summed E-state index contributed by atoms with van der Waals surface area (Å²) in [5.41, 5.74) is 0.143. The summed E-state index contributed by atoms with van der Waals surface area (Å²) in [5.74, 6) is -0.938. The van der Waals surface area contributed by atoms with Crippen LogP contribution in [0.25, 0.3) is 0 Å². The molecule has 2 rings (SSSR count). The van der Waals surface area contributed by atoms with E-state index in [1.54, 1.807) is 0 Å². The van der Waals surface area contributed by atoms with Crippen molar-refractivity contribution in [3.63, 3.8) is 0 Å². The molecule has 4 heteroatoms. The molecule has 1 fully saturated rings. The Morgan fingerprint density at radius 3 is 2.61 bits per heavy atom. The Balaban J connectivity index is 1.92. The number of hydrogen-bond donors (Lipinski definition) is 1. The minimum atomic E-state index is -0.469. The summed E-state index contributed by atoms with van der Waals surface area (Å²) in [6.07, 6.45) is 2.05. The average Bonchev–Trinajstić information content (AvgIpc) is 2.33. The van der Waals surface area contributed by atoms with Gasteiger partial charge in [0.05, 0.1) is 0 Å². The molecule has 0 aliphatic carbocycles. The van der Waals surface area contributed by atoms with Gasteiger partial charge in [0.15, 0.2) is 0 Å². The van der Waals surface area contributed by atoms with Crippen molar-refractivity contribution in [2.75, 3.05) is 13.6 Å². The van der Waals surface area contributed by atoms with Crippen molar-refractivity contribution in [1.82, 2.24) is 10.2 Å². The molecule has 1 aromatic rings. The van der Waals surface area contributed by atoms with Crippen LogP contribution in [-0.2, 0) is 6.54 Å². The molecule has 0 radical (unpaired) electrons. The highest BCUT2D eigenvalue weighted by atomic mass is 19.1. The number of piperidine rings is 1. The number of rotatable bonds is 3. The fraction of sp³-hybridized carbons (Fsp3) is 0.571. The minimum Gasteiger partial charge on any atom is -0.310 e. The first-order chi connectivity index (χ1) is 8.58. The Labute approximate surface area is 107 Å². The second kappa shape index (κ2) is 5.76. The van der Waals surface area contributed by atoms with E-state index in [1.165, 1.54) is 18.2 Å². The van der Waals surface area contributed by atoms with Gasteiger partial charge < -0.3 is 10.2 Å². The molecular weight excluding hydrogens is 234 g/mol. The van der Waals surface area contributed by atoms with Crippen LogP contribution in [0.3, 0.4) is 0 Å². The molecule has 0 aromatic heterocycles. The maximum Gasteiger partial charge on any atom is 0.130 e. The zero-order valence-corrected chi connectivity index (χ0v) is 10.9. The number of hydrogen-bond acceptors (Lipinski definition) is 2. The van der Waals surface area contributed by atoms with E-state index in [2.05, 4.69) is 24.2 Å². The third-order valence-electron chi connectivity index (χ3n) is 3.84. The largest absolute Gasteiger partial charge is 0.310 e. The molecule has 1 aliphatic heterocycles. The van der Waals surface area contributed by atoms with Gasteiger partial charge in [-0.05, 0) is 45.5 Å². The van der Waals surface area contributed by atoms with E-state index >= 15 is 0 Å². The summed E-state index contributed by atoms with van der Waals surface area (Å²) in [6.45, 7) is 3.47. The number of likely N-dealkylation sites (tertiary alicyclic amines) is 1. The first-order valence-electron chi connectivity index (χ1n) is 6.44. The van der Waals surface area contributed by atoms with E-state index in [4.69, 9.17) is 0 Å². The zero-order valence-electron chi connectivity index (χ0n) is 10.9. The minimum absolute atomic E-state index is 0.143. The van der Waals surface area contributed by atoms with Gasteiger partial charge in [0.2, 0.25) is 0 Å². The van der Waals surface area contributed by atoms with Crippen molar-refractivity contribution < 1.29 is 8.78 Å². The third kappa shape index (κ3) is 3.06. The quantitative estimate of drug-likeness (QED) is 0.891. The summed E-state index contributed by atoms with van der Waals surface area (Å²) in [7, 11) is 2.11. The molecule has 0 spiro atoms. The summed E-state index contributed by atoms with van der Waals surface area (Å²) >= 11 is 0. The molecule has 0 bridgehead atoms. The molecule has 1 saturated heterocycles. The lowest BCUT2D eigenvalue weighted by molar-refractivity contribution is 0.167. The van der Waals surface area contributed by atoms with Gasteiger partial charge in [-0.3, -0.25) is 0 Å². The van der Waals surface area contributed by atoms with Crippen LogP contribution in [0.5, 0.6) is 0 Å². The fourth-order valence-electron chi connectivity index (χ4n) is 2.42. The predicted octanol–water partition coefficient (Wildman–Crippen LogP) is 2.54. The standard InChI is InChI=1S/C14H20F2N2/c1-10-8-11(6-7-18(10)2)17-9-12-13(15)4-3-5-14(12)16/h3-5,10-11,17H,6-9H2,1-2H3. The first-order valence-corrected chi connectivity index (χ1v) is 6.44. The summed E-state index contributed by atoms with van der Waals surface area (Å²) < 4.78 is 26.9. The molecule has 1 aromatic carbocycles. The molecule has 2 atom stereocenters. The molecule has 100 valence electrons. The molecule has 2 unspecified atom stereocenters. The highest BCUT2D eigenvalue weighted by Gasteiger charge is 2.22. The number of halogens is 2. The van der Waals surface area contributed by atoms with Crippen molar-refractivity contribution in [1.29, 1.82) is 0 Å². The average molecular weight is 254 g/mol. The second-order valence-corrected chi connectivity index (χ2v) is 5.13. The van der Waals surface area contributed by atoms with E-state index in [0.29, 0.717) is 12.1 Å². The Morgan fingerprint density at radius 1 is 1.33 bits per heavy atom. The fourth-order valence-corrected chi connectivity index (χ4v) is 2.42. The van der Waals surface area contributed by atoms with Gasteiger partial charge in [0.1, 0.15) is 11.6 Å². The van der Waals surface area contributed by atoms with Crippen LogP contribution in [0.4, 0.5) is 8.78 Å². The van der Waals surface area contributed by atoms with Gasteiger partial charge in [-0.1, -0.05) is 6.07 Å². The molecule has 0 saturated carbocycles. The molecule has 2 nitrogen and oxygen atoms in total. The SMILES string of the molecule is CC1CC(NCc2c(F)cccc2F)CCN1C. The van der Waals surface area contributed by atoms with Crippen LogP contribution in [0.15, 0.2) is 18.2 Å². The maximum absolute atomic E-state index is 13.5. The Bertz CT molecular complexity index is 389. The van der Waals surface area contributed by atoms with E-state index in [-0.39, 0.29) is 12.1 Å². The van der Waals surface area contributed by atoms with Crippen LogP contribution < -0.4 is 5.32 Å². The topological polar surface area (TPSA) is 15.3 Å². The van der Waals surface area contributed by atoms with Crippen molar-refractivity contribution in [2.45, 2.75) is 38.4 Å². The molecule has 0 amide bonds. The van der Waals surface area contributed by atoms with Crippen molar-refractivity contribution >= 4 is 0 Å². The van der Waals surface area contributed by atoms with E-state index in [0.717, 1.165) is 19.4 Å². The normalized spacial score (nSPS) is 25.3. The summed E-state index contributed by atoms with van der Waals surface area (Å²) in [6, 6.07) is 4.86. The van der Waals surface area contributed by atoms with Crippen LogP contribution in [0.1, 0.15) is 25.3 Å². The Kier molecular flexibility index (Phi) is 4.30. The maximum atomic E-state index is 13.5. The van der Waals surface area contributed by atoms with Crippen molar-refractivity contribution in [3.05, 3.63) is 35.4 Å². The monoisotopic (exact) mass is 254 g/mol. The molecule has 1 heterocycles. The van der Waals surface area contributed by atoms with Gasteiger partial charge in [-0.15, -0.1) is 0 Å². The lowest BCUT2D eigenvalue weighted by Crippen LogP contribution is -2.45. The lowest BCUT2D eigenvalue weighted by Gasteiger charge is -2.35. The Hall–Kier alpha value is -1.00.